The fourth-order valence-corrected chi connectivity index (χ4v) is 3.87. The number of Topliss-reactive ketones (excluding diaryl/α,β-unsaturated/α-hetero) is 1. The largest absolute Gasteiger partial charge is 0.455 e. The third-order valence-electron chi connectivity index (χ3n) is 5.77. The molecule has 0 amide bonds. The highest BCUT2D eigenvalue weighted by atomic mass is 79.9. The van der Waals surface area contributed by atoms with Crippen molar-refractivity contribution in [3.63, 3.8) is 0 Å². The maximum absolute atomic E-state index is 12.7. The van der Waals surface area contributed by atoms with Gasteiger partial charge in [-0.15, -0.1) is 5.16 Å². The number of carbonyl (C=O) groups is 1. The molecule has 148 valence electrons. The van der Waals surface area contributed by atoms with Crippen molar-refractivity contribution in [2.45, 2.75) is 58.2 Å². The van der Waals surface area contributed by atoms with Crippen LogP contribution in [0.5, 0.6) is 0 Å². The Morgan fingerprint density at radius 1 is 1.25 bits per heavy atom. The van der Waals surface area contributed by atoms with E-state index >= 15 is 0 Å². The number of fused-ring (bicyclic) bond motifs is 1. The van der Waals surface area contributed by atoms with Crippen molar-refractivity contribution in [1.29, 1.82) is 0 Å². The van der Waals surface area contributed by atoms with E-state index in [4.69, 9.17) is 4.53 Å². The summed E-state index contributed by atoms with van der Waals surface area (Å²) >= 11 is 3.46. The summed E-state index contributed by atoms with van der Waals surface area (Å²) in [6.45, 7) is 11.0. The summed E-state index contributed by atoms with van der Waals surface area (Å²) in [7, 11) is -1.92. The zero-order chi connectivity index (χ0) is 20.5. The van der Waals surface area contributed by atoms with Crippen molar-refractivity contribution in [3.05, 3.63) is 63.4 Å². The van der Waals surface area contributed by atoms with Crippen LogP contribution in [0.1, 0.15) is 54.2 Å². The number of halogens is 1. The molecule has 0 bridgehead atoms. The fourth-order valence-electron chi connectivity index (χ4n) is 2.87. The van der Waals surface area contributed by atoms with Crippen LogP contribution >= 0.6 is 15.9 Å². The SMILES string of the molecule is CC(C)(C)[Si](C)(C)O/N=C1/CCc2cc(C(=O)Cc3ccncc3Br)ccc21. The second-order valence-corrected chi connectivity index (χ2v) is 14.4. The van der Waals surface area contributed by atoms with Crippen LogP contribution in [0.3, 0.4) is 0 Å². The molecule has 3 rings (SSSR count). The molecule has 0 unspecified atom stereocenters. The second kappa shape index (κ2) is 7.91. The minimum atomic E-state index is -1.92. The summed E-state index contributed by atoms with van der Waals surface area (Å²) in [5.41, 5.74) is 4.98. The number of hydrogen-bond donors (Lipinski definition) is 0. The Morgan fingerprint density at radius 3 is 2.68 bits per heavy atom. The van der Waals surface area contributed by atoms with Crippen LogP contribution in [0.15, 0.2) is 46.3 Å². The number of ketones is 1. The Morgan fingerprint density at radius 2 is 2.00 bits per heavy atom. The van der Waals surface area contributed by atoms with Crippen molar-refractivity contribution in [3.8, 4) is 0 Å². The summed E-state index contributed by atoms with van der Waals surface area (Å²) in [5, 5.41) is 4.66. The van der Waals surface area contributed by atoms with Crippen molar-refractivity contribution < 1.29 is 9.32 Å². The van der Waals surface area contributed by atoms with Crippen molar-refractivity contribution in [1.82, 2.24) is 4.98 Å². The third kappa shape index (κ3) is 4.44. The molecule has 0 N–H and O–H groups in total. The minimum Gasteiger partial charge on any atom is -0.455 e. The molecule has 0 aliphatic heterocycles. The number of oxime groups is 1. The summed E-state index contributed by atoms with van der Waals surface area (Å²) in [5.74, 6) is 0.109. The van der Waals surface area contributed by atoms with Crippen molar-refractivity contribution in [2.75, 3.05) is 0 Å². The van der Waals surface area contributed by atoms with Gasteiger partial charge in [-0.3, -0.25) is 9.78 Å². The Labute approximate surface area is 176 Å². The molecule has 28 heavy (non-hydrogen) atoms. The highest BCUT2D eigenvalue weighted by Gasteiger charge is 2.40. The fraction of sp³-hybridized carbons (Fsp3) is 0.409. The predicted molar refractivity (Wildman–Crippen MR) is 120 cm³/mol. The Bertz CT molecular complexity index is 932. The van der Waals surface area contributed by atoms with E-state index in [0.29, 0.717) is 6.42 Å². The Kier molecular flexibility index (Phi) is 5.91. The molecule has 4 nitrogen and oxygen atoms in total. The van der Waals surface area contributed by atoms with E-state index in [1.165, 1.54) is 5.56 Å². The van der Waals surface area contributed by atoms with E-state index < -0.39 is 8.32 Å². The number of rotatable bonds is 5. The first-order chi connectivity index (χ1) is 13.1. The van der Waals surface area contributed by atoms with Gasteiger partial charge in [-0.1, -0.05) is 32.9 Å². The second-order valence-electron chi connectivity index (χ2n) is 8.83. The van der Waals surface area contributed by atoms with Crippen LogP contribution < -0.4 is 0 Å². The summed E-state index contributed by atoms with van der Waals surface area (Å²) in [4.78, 5) is 16.8. The lowest BCUT2D eigenvalue weighted by Crippen LogP contribution is -2.39. The zero-order valence-electron chi connectivity index (χ0n) is 17.2. The van der Waals surface area contributed by atoms with Gasteiger partial charge >= 0.3 is 0 Å². The number of nitrogens with zero attached hydrogens (tertiary/aromatic N) is 2. The number of aryl methyl sites for hydroxylation is 1. The normalized spacial score (nSPS) is 15.6. The van der Waals surface area contributed by atoms with E-state index in [-0.39, 0.29) is 10.8 Å². The molecule has 1 aliphatic carbocycles. The van der Waals surface area contributed by atoms with E-state index in [1.54, 1.807) is 12.4 Å². The third-order valence-corrected chi connectivity index (χ3v) is 10.6. The number of aromatic nitrogens is 1. The molecule has 0 atom stereocenters. The Balaban J connectivity index is 1.77. The van der Waals surface area contributed by atoms with Gasteiger partial charge in [0.25, 0.3) is 8.32 Å². The van der Waals surface area contributed by atoms with Crippen LogP contribution in [0.25, 0.3) is 0 Å². The van der Waals surface area contributed by atoms with Gasteiger partial charge in [0.1, 0.15) is 0 Å². The number of pyridine rings is 1. The molecule has 0 saturated carbocycles. The van der Waals surface area contributed by atoms with Crippen molar-refractivity contribution in [2.24, 2.45) is 5.16 Å². The standard InChI is InChI=1S/C22H27BrN2O2Si/c1-22(2,3)28(4,5)27-25-20-9-7-15-12-17(6-8-18(15)20)21(26)13-16-10-11-24-14-19(16)23/h6,8,10-12,14H,7,9,13H2,1-5H3/b25-20-. The van der Waals surface area contributed by atoms with E-state index in [9.17, 15) is 4.79 Å². The molecule has 0 radical (unpaired) electrons. The topological polar surface area (TPSA) is 51.5 Å². The van der Waals surface area contributed by atoms with Gasteiger partial charge in [0.2, 0.25) is 0 Å². The van der Waals surface area contributed by atoms with Crippen LogP contribution in [-0.4, -0.2) is 24.8 Å². The number of carbonyl (C=O) groups excluding carboxylic acids is 1. The van der Waals surface area contributed by atoms with Crippen LogP contribution in [0, 0.1) is 0 Å². The van der Waals surface area contributed by atoms with Crippen LogP contribution in [-0.2, 0) is 17.4 Å². The summed E-state index contributed by atoms with van der Waals surface area (Å²) in [6.07, 6.45) is 5.54. The molecule has 1 heterocycles. The lowest BCUT2D eigenvalue weighted by atomic mass is 9.99. The molecule has 0 fully saturated rings. The monoisotopic (exact) mass is 458 g/mol. The maximum atomic E-state index is 12.7. The van der Waals surface area contributed by atoms with Gasteiger partial charge in [-0.2, -0.15) is 0 Å². The zero-order valence-corrected chi connectivity index (χ0v) is 19.8. The minimum absolute atomic E-state index is 0.109. The van der Waals surface area contributed by atoms with Gasteiger partial charge in [0.15, 0.2) is 5.78 Å². The average molecular weight is 459 g/mol. The highest BCUT2D eigenvalue weighted by molar-refractivity contribution is 9.10. The van der Waals surface area contributed by atoms with Gasteiger partial charge in [-0.05, 0) is 70.2 Å². The molecule has 1 aromatic carbocycles. The molecule has 1 aromatic heterocycles. The van der Waals surface area contributed by atoms with E-state index in [0.717, 1.165) is 39.7 Å². The molecule has 0 spiro atoms. The van der Waals surface area contributed by atoms with E-state index in [1.807, 2.05) is 24.3 Å². The molecule has 1 aliphatic rings. The Hall–Kier alpha value is -1.79. The molecular weight excluding hydrogens is 432 g/mol. The predicted octanol–water partition coefficient (Wildman–Crippen LogP) is 5.94. The molecular formula is C22H27BrN2O2Si. The lowest BCUT2D eigenvalue weighted by molar-refractivity contribution is 0.0992. The average Bonchev–Trinajstić information content (AvgIpc) is 3.03. The van der Waals surface area contributed by atoms with Crippen LogP contribution in [0.4, 0.5) is 0 Å². The number of benzene rings is 1. The van der Waals surface area contributed by atoms with Crippen LogP contribution in [0.2, 0.25) is 18.1 Å². The summed E-state index contributed by atoms with van der Waals surface area (Å²) in [6, 6.07) is 7.81. The highest BCUT2D eigenvalue weighted by Crippen LogP contribution is 2.37. The summed E-state index contributed by atoms with van der Waals surface area (Å²) < 4.78 is 6.92. The van der Waals surface area contributed by atoms with Gasteiger partial charge in [-0.25, -0.2) is 0 Å². The first-order valence-electron chi connectivity index (χ1n) is 9.58. The van der Waals surface area contributed by atoms with Gasteiger partial charge < -0.3 is 4.53 Å². The lowest BCUT2D eigenvalue weighted by Gasteiger charge is -2.33. The van der Waals surface area contributed by atoms with Gasteiger partial charge in [0.05, 0.1) is 5.71 Å². The molecule has 2 aromatic rings. The first-order valence-corrected chi connectivity index (χ1v) is 13.3. The molecule has 0 saturated heterocycles. The van der Waals surface area contributed by atoms with E-state index in [2.05, 4.69) is 59.9 Å². The first kappa shape index (κ1) is 20.9. The van der Waals surface area contributed by atoms with Crippen molar-refractivity contribution >= 4 is 35.7 Å². The molecule has 6 heteroatoms. The maximum Gasteiger partial charge on any atom is 0.286 e. The van der Waals surface area contributed by atoms with Gasteiger partial charge in [0, 0.05) is 34.4 Å². The quantitative estimate of drug-likeness (QED) is 0.316. The number of hydrogen-bond acceptors (Lipinski definition) is 4. The smallest absolute Gasteiger partial charge is 0.286 e.